The molecular weight excluding hydrogens is 447 g/mol. The van der Waals surface area contributed by atoms with Gasteiger partial charge in [0.2, 0.25) is 0 Å². The average Bonchev–Trinajstić information content (AvgIpc) is 2.75. The second kappa shape index (κ2) is 13.3. The van der Waals surface area contributed by atoms with Crippen molar-refractivity contribution in [1.82, 2.24) is 4.90 Å². The summed E-state index contributed by atoms with van der Waals surface area (Å²) < 4.78 is 58.2. The average molecular weight is 488 g/mol. The lowest BCUT2D eigenvalue weighted by molar-refractivity contribution is -0.155. The number of hydrogen-bond donors (Lipinski definition) is 0. The normalized spacial score (nSPS) is 17.6. The summed E-state index contributed by atoms with van der Waals surface area (Å²) in [6.45, 7) is 9.51. The van der Waals surface area contributed by atoms with Crippen LogP contribution in [0, 0.1) is 0 Å². The summed E-state index contributed by atoms with van der Waals surface area (Å²) in [6, 6.07) is 4.13. The van der Waals surface area contributed by atoms with E-state index in [0.29, 0.717) is 26.3 Å². The van der Waals surface area contributed by atoms with E-state index in [1.54, 1.807) is 26.8 Å². The fourth-order valence-corrected chi connectivity index (χ4v) is 3.96. The molecule has 0 aliphatic carbocycles. The molecule has 1 aromatic rings. The van der Waals surface area contributed by atoms with Crippen LogP contribution in [0.5, 0.6) is 5.75 Å². The Kier molecular flexibility index (Phi) is 11.2. The van der Waals surface area contributed by atoms with Gasteiger partial charge in [0.05, 0.1) is 31.3 Å². The molecule has 1 aromatic carbocycles. The zero-order valence-corrected chi connectivity index (χ0v) is 21.0. The summed E-state index contributed by atoms with van der Waals surface area (Å²) >= 11 is 0. The van der Waals surface area contributed by atoms with Crippen molar-refractivity contribution in [3.8, 4) is 5.75 Å². The minimum atomic E-state index is -4.52. The van der Waals surface area contributed by atoms with Crippen LogP contribution in [0.25, 0.3) is 0 Å². The molecule has 0 radical (unpaired) electrons. The molecule has 0 bridgehead atoms. The summed E-state index contributed by atoms with van der Waals surface area (Å²) in [5.41, 5.74) is -1.20. The highest BCUT2D eigenvalue weighted by molar-refractivity contribution is 5.70. The summed E-state index contributed by atoms with van der Waals surface area (Å²) in [6.07, 6.45) is 1.46. The first-order valence-electron chi connectivity index (χ1n) is 12.4. The van der Waals surface area contributed by atoms with Crippen molar-refractivity contribution in [3.05, 3.63) is 29.3 Å². The maximum absolute atomic E-state index is 13.9. The third-order valence-corrected chi connectivity index (χ3v) is 5.65. The molecular formula is C26H40F3NO4. The van der Waals surface area contributed by atoms with Crippen molar-refractivity contribution in [2.24, 2.45) is 0 Å². The molecule has 2 rings (SSSR count). The van der Waals surface area contributed by atoms with Crippen LogP contribution < -0.4 is 4.74 Å². The fraction of sp³-hybridized carbons (Fsp3) is 0.731. The highest BCUT2D eigenvalue weighted by atomic mass is 19.4. The number of carbonyl (C=O) groups is 1. The number of halogens is 3. The van der Waals surface area contributed by atoms with Crippen LogP contribution in [0.15, 0.2) is 18.2 Å². The molecule has 1 aliphatic rings. The summed E-state index contributed by atoms with van der Waals surface area (Å²) in [4.78, 5) is 14.0. The van der Waals surface area contributed by atoms with Crippen LogP contribution in [0.2, 0.25) is 0 Å². The highest BCUT2D eigenvalue weighted by Crippen LogP contribution is 2.38. The van der Waals surface area contributed by atoms with Crippen LogP contribution >= 0.6 is 0 Å². The number of esters is 1. The molecule has 1 aliphatic heterocycles. The molecule has 0 N–H and O–H groups in total. The second-order valence-corrected chi connectivity index (χ2v) is 9.86. The number of benzene rings is 1. The van der Waals surface area contributed by atoms with Gasteiger partial charge in [-0.15, -0.1) is 0 Å². The largest absolute Gasteiger partial charge is 0.494 e. The zero-order valence-electron chi connectivity index (χ0n) is 21.0. The standard InChI is InChI=1S/C26H40F3NO4/c1-5-6-7-8-9-10-16-32-20-11-12-21(22(18-20)26(27,28)29)23-19-30(15-17-33-23)14-13-24(31)34-25(2,3)4/h11-12,18,23H,5-10,13-17,19H2,1-4H3. The van der Waals surface area contributed by atoms with Gasteiger partial charge in [-0.3, -0.25) is 9.69 Å². The lowest BCUT2D eigenvalue weighted by Crippen LogP contribution is -2.40. The number of hydrogen-bond acceptors (Lipinski definition) is 5. The third kappa shape index (κ3) is 10.2. The second-order valence-electron chi connectivity index (χ2n) is 9.86. The monoisotopic (exact) mass is 487 g/mol. The van der Waals surface area contributed by atoms with Crippen LogP contribution in [0.1, 0.15) is 89.9 Å². The van der Waals surface area contributed by atoms with E-state index in [1.165, 1.54) is 25.3 Å². The van der Waals surface area contributed by atoms with Crippen molar-refractivity contribution in [3.63, 3.8) is 0 Å². The summed E-state index contributed by atoms with van der Waals surface area (Å²) in [5, 5.41) is 0. The molecule has 1 saturated heterocycles. The van der Waals surface area contributed by atoms with Gasteiger partial charge in [0.25, 0.3) is 0 Å². The van der Waals surface area contributed by atoms with Crippen molar-refractivity contribution in [2.45, 2.75) is 90.5 Å². The zero-order chi connectivity index (χ0) is 25.2. The van der Waals surface area contributed by atoms with Crippen molar-refractivity contribution < 1.29 is 32.2 Å². The topological polar surface area (TPSA) is 48.0 Å². The first kappa shape index (κ1) is 28.4. The number of carbonyl (C=O) groups excluding carboxylic acids is 1. The van der Waals surface area contributed by atoms with Gasteiger partial charge in [-0.25, -0.2) is 0 Å². The number of rotatable bonds is 12. The van der Waals surface area contributed by atoms with Gasteiger partial charge in [-0.2, -0.15) is 13.2 Å². The maximum atomic E-state index is 13.9. The summed E-state index contributed by atoms with van der Waals surface area (Å²) in [7, 11) is 0. The molecule has 0 amide bonds. The lowest BCUT2D eigenvalue weighted by atomic mass is 10.00. The Hall–Kier alpha value is -1.80. The van der Waals surface area contributed by atoms with Crippen LogP contribution in [-0.4, -0.2) is 49.3 Å². The van der Waals surface area contributed by atoms with Gasteiger partial charge in [-0.05, 0) is 44.9 Å². The number of ether oxygens (including phenoxy) is 3. The van der Waals surface area contributed by atoms with E-state index in [4.69, 9.17) is 14.2 Å². The van der Waals surface area contributed by atoms with E-state index in [0.717, 1.165) is 25.3 Å². The number of morpholine rings is 1. The smallest absolute Gasteiger partial charge is 0.416 e. The van der Waals surface area contributed by atoms with E-state index in [2.05, 4.69) is 6.92 Å². The molecule has 1 atom stereocenters. The van der Waals surface area contributed by atoms with E-state index >= 15 is 0 Å². The van der Waals surface area contributed by atoms with Gasteiger partial charge in [0.15, 0.2) is 0 Å². The van der Waals surface area contributed by atoms with Crippen molar-refractivity contribution in [2.75, 3.05) is 32.8 Å². The molecule has 1 unspecified atom stereocenters. The van der Waals surface area contributed by atoms with Crippen molar-refractivity contribution in [1.29, 1.82) is 0 Å². The van der Waals surface area contributed by atoms with Crippen LogP contribution in [0.3, 0.4) is 0 Å². The van der Waals surface area contributed by atoms with Crippen LogP contribution in [-0.2, 0) is 20.4 Å². The minimum absolute atomic E-state index is 0.0985. The molecule has 1 fully saturated rings. The van der Waals surface area contributed by atoms with E-state index in [1.807, 2.05) is 4.90 Å². The Balaban J connectivity index is 1.96. The molecule has 0 spiro atoms. The minimum Gasteiger partial charge on any atom is -0.494 e. The first-order chi connectivity index (χ1) is 16.0. The lowest BCUT2D eigenvalue weighted by Gasteiger charge is -2.34. The molecule has 194 valence electrons. The van der Waals surface area contributed by atoms with Gasteiger partial charge in [0, 0.05) is 19.6 Å². The Morgan fingerprint density at radius 2 is 1.82 bits per heavy atom. The molecule has 8 heteroatoms. The van der Waals surface area contributed by atoms with Gasteiger partial charge >= 0.3 is 12.1 Å². The van der Waals surface area contributed by atoms with Gasteiger partial charge in [0.1, 0.15) is 11.4 Å². The Labute approximate surface area is 201 Å². The Morgan fingerprint density at radius 1 is 1.12 bits per heavy atom. The molecule has 1 heterocycles. The van der Waals surface area contributed by atoms with Gasteiger partial charge < -0.3 is 14.2 Å². The first-order valence-corrected chi connectivity index (χ1v) is 12.4. The Morgan fingerprint density at radius 3 is 2.50 bits per heavy atom. The molecule has 34 heavy (non-hydrogen) atoms. The number of nitrogens with zero attached hydrogens (tertiary/aromatic N) is 1. The SMILES string of the molecule is CCCCCCCCOc1ccc(C2CN(CCC(=O)OC(C)(C)C)CCO2)c(C(F)(F)F)c1. The highest BCUT2D eigenvalue weighted by Gasteiger charge is 2.37. The van der Waals surface area contributed by atoms with E-state index in [9.17, 15) is 18.0 Å². The molecule has 5 nitrogen and oxygen atoms in total. The van der Waals surface area contributed by atoms with Gasteiger partial charge in [-0.1, -0.05) is 45.1 Å². The predicted molar refractivity (Wildman–Crippen MR) is 126 cm³/mol. The third-order valence-electron chi connectivity index (χ3n) is 5.65. The molecule has 0 aromatic heterocycles. The maximum Gasteiger partial charge on any atom is 0.416 e. The number of alkyl halides is 3. The Bertz CT molecular complexity index is 761. The van der Waals surface area contributed by atoms with E-state index in [-0.39, 0.29) is 30.2 Å². The number of unbranched alkanes of at least 4 members (excludes halogenated alkanes) is 5. The van der Waals surface area contributed by atoms with Crippen LogP contribution in [0.4, 0.5) is 13.2 Å². The fourth-order valence-electron chi connectivity index (χ4n) is 3.96. The summed E-state index contributed by atoms with van der Waals surface area (Å²) in [5.74, 6) is -0.0967. The van der Waals surface area contributed by atoms with Crippen molar-refractivity contribution >= 4 is 5.97 Å². The predicted octanol–water partition coefficient (Wildman–Crippen LogP) is 6.55. The van der Waals surface area contributed by atoms with E-state index < -0.39 is 23.4 Å². The molecule has 0 saturated carbocycles. The quantitative estimate of drug-likeness (QED) is 0.247.